The SMILES string of the molecule is Cc1cccc(C)c1-c1cnc2c3ccccc3c3c4ccccc4cnc3n12. The Hall–Kier alpha value is -3.72. The van der Waals surface area contributed by atoms with Crippen LogP contribution in [0.25, 0.3) is 49.5 Å². The van der Waals surface area contributed by atoms with Gasteiger partial charge >= 0.3 is 0 Å². The molecule has 0 aliphatic heterocycles. The number of aryl methyl sites for hydroxylation is 2. The van der Waals surface area contributed by atoms with Crippen LogP contribution in [0.5, 0.6) is 0 Å². The van der Waals surface area contributed by atoms with E-state index in [1.54, 1.807) is 0 Å². The summed E-state index contributed by atoms with van der Waals surface area (Å²) in [5, 5.41) is 5.89. The zero-order chi connectivity index (χ0) is 19.5. The van der Waals surface area contributed by atoms with E-state index in [4.69, 9.17) is 9.97 Å². The Kier molecular flexibility index (Phi) is 3.30. The first kappa shape index (κ1) is 16.3. The molecule has 6 rings (SSSR count). The Labute approximate surface area is 168 Å². The van der Waals surface area contributed by atoms with Crippen LogP contribution in [0.3, 0.4) is 0 Å². The van der Waals surface area contributed by atoms with Crippen LogP contribution < -0.4 is 0 Å². The lowest BCUT2D eigenvalue weighted by Crippen LogP contribution is -1.98. The first-order valence-corrected chi connectivity index (χ1v) is 9.86. The summed E-state index contributed by atoms with van der Waals surface area (Å²) in [6, 6.07) is 23.4. The minimum Gasteiger partial charge on any atom is -0.276 e. The molecule has 0 saturated carbocycles. The summed E-state index contributed by atoms with van der Waals surface area (Å²) >= 11 is 0. The van der Waals surface area contributed by atoms with E-state index in [1.165, 1.54) is 32.8 Å². The zero-order valence-corrected chi connectivity index (χ0v) is 16.3. The number of aromatic nitrogens is 3. The molecule has 3 aromatic carbocycles. The third-order valence-electron chi connectivity index (χ3n) is 5.93. The van der Waals surface area contributed by atoms with E-state index in [-0.39, 0.29) is 0 Å². The van der Waals surface area contributed by atoms with Gasteiger partial charge in [-0.25, -0.2) is 9.97 Å². The smallest absolute Gasteiger partial charge is 0.147 e. The van der Waals surface area contributed by atoms with E-state index in [1.807, 2.05) is 12.4 Å². The highest BCUT2D eigenvalue weighted by atomic mass is 15.1. The van der Waals surface area contributed by atoms with Gasteiger partial charge in [-0.15, -0.1) is 0 Å². The summed E-state index contributed by atoms with van der Waals surface area (Å²) in [4.78, 5) is 9.79. The molecule has 0 atom stereocenters. The molecule has 29 heavy (non-hydrogen) atoms. The largest absolute Gasteiger partial charge is 0.276 e. The maximum atomic E-state index is 4.93. The Bertz CT molecular complexity index is 1550. The molecule has 0 radical (unpaired) electrons. The zero-order valence-electron chi connectivity index (χ0n) is 16.3. The van der Waals surface area contributed by atoms with Gasteiger partial charge in [0, 0.05) is 27.9 Å². The second kappa shape index (κ2) is 5.89. The second-order valence-electron chi connectivity index (χ2n) is 7.66. The predicted octanol–water partition coefficient (Wildman–Crippen LogP) is 6.47. The molecule has 3 heterocycles. The van der Waals surface area contributed by atoms with Gasteiger partial charge in [-0.2, -0.15) is 0 Å². The highest BCUT2D eigenvalue weighted by Crippen LogP contribution is 2.37. The first-order valence-electron chi connectivity index (χ1n) is 9.86. The Balaban J connectivity index is 1.92. The molecule has 0 spiro atoms. The molecule has 0 aliphatic carbocycles. The van der Waals surface area contributed by atoms with Crippen LogP contribution in [0.4, 0.5) is 0 Å². The fourth-order valence-electron chi connectivity index (χ4n) is 4.64. The molecule has 6 aromatic rings. The summed E-state index contributed by atoms with van der Waals surface area (Å²) in [6.07, 6.45) is 3.97. The van der Waals surface area contributed by atoms with Gasteiger partial charge in [0.2, 0.25) is 0 Å². The molecule has 3 heteroatoms. The van der Waals surface area contributed by atoms with Crippen LogP contribution in [0, 0.1) is 13.8 Å². The number of benzene rings is 3. The lowest BCUT2D eigenvalue weighted by Gasteiger charge is -2.14. The van der Waals surface area contributed by atoms with Crippen molar-refractivity contribution in [2.24, 2.45) is 0 Å². The van der Waals surface area contributed by atoms with E-state index in [2.05, 4.69) is 85.0 Å². The molecule has 0 unspecified atom stereocenters. The summed E-state index contributed by atoms with van der Waals surface area (Å²) < 4.78 is 2.24. The molecule has 0 amide bonds. The van der Waals surface area contributed by atoms with Gasteiger partial charge in [-0.1, -0.05) is 66.7 Å². The summed E-state index contributed by atoms with van der Waals surface area (Å²) in [7, 11) is 0. The van der Waals surface area contributed by atoms with Crippen LogP contribution >= 0.6 is 0 Å². The van der Waals surface area contributed by atoms with Crippen LogP contribution in [0.1, 0.15) is 11.1 Å². The van der Waals surface area contributed by atoms with Crippen molar-refractivity contribution in [1.29, 1.82) is 0 Å². The maximum absolute atomic E-state index is 4.93. The van der Waals surface area contributed by atoms with Gasteiger partial charge in [0.1, 0.15) is 11.3 Å². The maximum Gasteiger partial charge on any atom is 0.147 e. The highest BCUT2D eigenvalue weighted by Gasteiger charge is 2.18. The van der Waals surface area contributed by atoms with Crippen LogP contribution in [-0.4, -0.2) is 14.4 Å². The monoisotopic (exact) mass is 373 g/mol. The second-order valence-corrected chi connectivity index (χ2v) is 7.66. The quantitative estimate of drug-likeness (QED) is 0.309. The van der Waals surface area contributed by atoms with Gasteiger partial charge in [0.15, 0.2) is 0 Å². The van der Waals surface area contributed by atoms with Crippen LogP contribution in [0.2, 0.25) is 0 Å². The molecule has 3 aromatic heterocycles. The van der Waals surface area contributed by atoms with E-state index < -0.39 is 0 Å². The van der Waals surface area contributed by atoms with E-state index in [0.717, 1.165) is 27.8 Å². The molecule has 0 aliphatic rings. The van der Waals surface area contributed by atoms with Crippen molar-refractivity contribution < 1.29 is 0 Å². The minimum absolute atomic E-state index is 0.951. The van der Waals surface area contributed by atoms with Crippen molar-refractivity contribution in [3.63, 3.8) is 0 Å². The lowest BCUT2D eigenvalue weighted by molar-refractivity contribution is 1.20. The van der Waals surface area contributed by atoms with Gasteiger partial charge in [-0.3, -0.25) is 4.40 Å². The van der Waals surface area contributed by atoms with Crippen molar-refractivity contribution in [1.82, 2.24) is 14.4 Å². The van der Waals surface area contributed by atoms with Gasteiger partial charge in [0.05, 0.1) is 11.9 Å². The van der Waals surface area contributed by atoms with E-state index in [9.17, 15) is 0 Å². The number of nitrogens with zero attached hydrogens (tertiary/aromatic N) is 3. The van der Waals surface area contributed by atoms with Crippen molar-refractivity contribution in [2.75, 3.05) is 0 Å². The minimum atomic E-state index is 0.951. The Morgan fingerprint density at radius 2 is 1.28 bits per heavy atom. The van der Waals surface area contributed by atoms with Crippen molar-refractivity contribution >= 4 is 38.2 Å². The average Bonchev–Trinajstić information content (AvgIpc) is 3.18. The molecular formula is C26H19N3. The van der Waals surface area contributed by atoms with Crippen molar-refractivity contribution in [2.45, 2.75) is 13.8 Å². The standard InChI is InChI=1S/C26H19N3/c1-16-8-7-9-17(2)23(16)22-15-28-25-21-13-6-5-12-20(21)24-19-11-4-3-10-18(19)14-27-26(24)29(22)25/h3-15H,1-2H3. The first-order chi connectivity index (χ1) is 14.2. The molecule has 0 saturated heterocycles. The summed E-state index contributed by atoms with van der Waals surface area (Å²) in [5.41, 5.74) is 6.71. The van der Waals surface area contributed by atoms with Gasteiger partial charge in [-0.05, 0) is 35.7 Å². The highest BCUT2D eigenvalue weighted by molar-refractivity contribution is 6.21. The summed E-state index contributed by atoms with van der Waals surface area (Å²) in [6.45, 7) is 4.32. The lowest BCUT2D eigenvalue weighted by atomic mass is 9.99. The van der Waals surface area contributed by atoms with Crippen LogP contribution in [-0.2, 0) is 0 Å². The number of imidazole rings is 1. The fraction of sp³-hybridized carbons (Fsp3) is 0.0769. The topological polar surface area (TPSA) is 30.2 Å². The molecule has 0 fully saturated rings. The number of hydrogen-bond donors (Lipinski definition) is 0. The predicted molar refractivity (Wildman–Crippen MR) is 120 cm³/mol. The fourth-order valence-corrected chi connectivity index (χ4v) is 4.64. The molecule has 0 N–H and O–H groups in total. The van der Waals surface area contributed by atoms with E-state index in [0.29, 0.717) is 0 Å². The Morgan fingerprint density at radius 3 is 2.07 bits per heavy atom. The molecule has 138 valence electrons. The Morgan fingerprint density at radius 1 is 0.621 bits per heavy atom. The van der Waals surface area contributed by atoms with Crippen molar-refractivity contribution in [3.05, 3.63) is 90.3 Å². The number of hydrogen-bond acceptors (Lipinski definition) is 2. The molecular weight excluding hydrogens is 354 g/mol. The van der Waals surface area contributed by atoms with E-state index >= 15 is 0 Å². The number of rotatable bonds is 1. The third-order valence-corrected chi connectivity index (χ3v) is 5.93. The van der Waals surface area contributed by atoms with Crippen molar-refractivity contribution in [3.8, 4) is 11.3 Å². The molecule has 0 bridgehead atoms. The summed E-state index contributed by atoms with van der Waals surface area (Å²) in [5.74, 6) is 0. The number of pyridine rings is 2. The van der Waals surface area contributed by atoms with Crippen LogP contribution in [0.15, 0.2) is 79.1 Å². The normalized spacial score (nSPS) is 11.8. The molecule has 3 nitrogen and oxygen atoms in total. The number of fused-ring (bicyclic) bond motifs is 8. The van der Waals surface area contributed by atoms with Gasteiger partial charge in [0.25, 0.3) is 0 Å². The average molecular weight is 373 g/mol. The third kappa shape index (κ3) is 2.18. The van der Waals surface area contributed by atoms with Gasteiger partial charge < -0.3 is 0 Å².